The summed E-state index contributed by atoms with van der Waals surface area (Å²) in [4.78, 5) is 2.49. The van der Waals surface area contributed by atoms with Crippen LogP contribution in [0.2, 0.25) is 0 Å². The van der Waals surface area contributed by atoms with Gasteiger partial charge < -0.3 is 15.5 Å². The van der Waals surface area contributed by atoms with E-state index in [-0.39, 0.29) is 0 Å². The second-order valence-corrected chi connectivity index (χ2v) is 7.88. The second kappa shape index (κ2) is 6.68. The van der Waals surface area contributed by atoms with E-state index >= 15 is 0 Å². The van der Waals surface area contributed by atoms with E-state index in [1.54, 1.807) is 0 Å². The third-order valence-corrected chi connectivity index (χ3v) is 6.12. The Balaban J connectivity index is 1.30. The van der Waals surface area contributed by atoms with E-state index in [9.17, 15) is 0 Å². The zero-order valence-electron chi connectivity index (χ0n) is 13.8. The fraction of sp³-hybridized carbons (Fsp3) is 0.632. The summed E-state index contributed by atoms with van der Waals surface area (Å²) in [5, 5.41) is 7.69. The third kappa shape index (κ3) is 3.47. The van der Waals surface area contributed by atoms with Crippen molar-refractivity contribution in [2.24, 2.45) is 11.8 Å². The lowest BCUT2D eigenvalue weighted by Crippen LogP contribution is -2.40. The molecular formula is C19H27N3S. The lowest BCUT2D eigenvalue weighted by Gasteiger charge is -2.29. The Hall–Kier alpha value is -1.29. The Morgan fingerprint density at radius 2 is 1.78 bits per heavy atom. The number of hydrogen-bond donors (Lipinski definition) is 2. The molecule has 1 saturated heterocycles. The fourth-order valence-electron chi connectivity index (χ4n) is 4.66. The maximum absolute atomic E-state index is 5.51. The minimum absolute atomic E-state index is 0.598. The molecule has 3 nitrogen and oxygen atoms in total. The molecule has 4 heteroatoms. The number of fused-ring (bicyclic) bond motifs is 2. The van der Waals surface area contributed by atoms with Gasteiger partial charge in [0.25, 0.3) is 0 Å². The normalized spacial score (nSPS) is 29.6. The summed E-state index contributed by atoms with van der Waals surface area (Å²) in [5.74, 6) is 1.80. The van der Waals surface area contributed by atoms with Gasteiger partial charge in [0.15, 0.2) is 5.11 Å². The Kier molecular flexibility index (Phi) is 4.43. The summed E-state index contributed by atoms with van der Waals surface area (Å²) >= 11 is 5.51. The van der Waals surface area contributed by atoms with Gasteiger partial charge in [0.2, 0.25) is 0 Å². The number of thiocarbonyl (C=S) groups is 1. The predicted molar refractivity (Wildman–Crippen MR) is 101 cm³/mol. The van der Waals surface area contributed by atoms with Gasteiger partial charge in [0, 0.05) is 30.5 Å². The van der Waals surface area contributed by atoms with Gasteiger partial charge >= 0.3 is 0 Å². The molecule has 124 valence electrons. The Labute approximate surface area is 144 Å². The van der Waals surface area contributed by atoms with Crippen LogP contribution >= 0.6 is 12.2 Å². The standard InChI is InChI=1S/C19H27N3S/c23-19(21-18-13-14-4-5-15(18)12-14)20-16-6-8-17(9-7-16)22-10-2-1-3-11-22/h6-9,14-15,18H,1-5,10-13H2,(H2,20,21,23)/t14-,15-,18+/m1/s1. The van der Waals surface area contributed by atoms with Crippen molar-refractivity contribution in [3.63, 3.8) is 0 Å². The average Bonchev–Trinajstić information content (AvgIpc) is 3.19. The van der Waals surface area contributed by atoms with Crippen LogP contribution in [0.15, 0.2) is 24.3 Å². The molecule has 0 spiro atoms. The number of anilines is 2. The lowest BCUT2D eigenvalue weighted by molar-refractivity contribution is 0.392. The number of benzene rings is 1. The molecule has 1 aliphatic heterocycles. The SMILES string of the molecule is S=C(Nc1ccc(N2CCCCC2)cc1)N[C@H]1C[C@@H]2CC[C@@H]1C2. The lowest BCUT2D eigenvalue weighted by atomic mass is 9.96. The van der Waals surface area contributed by atoms with Gasteiger partial charge in [-0.2, -0.15) is 0 Å². The van der Waals surface area contributed by atoms with Crippen LogP contribution in [0.25, 0.3) is 0 Å². The monoisotopic (exact) mass is 329 g/mol. The van der Waals surface area contributed by atoms with E-state index in [1.807, 2.05) is 0 Å². The van der Waals surface area contributed by atoms with Crippen molar-refractivity contribution >= 4 is 28.7 Å². The molecule has 3 atom stereocenters. The fourth-order valence-corrected chi connectivity index (χ4v) is 4.93. The van der Waals surface area contributed by atoms with Crippen LogP contribution in [0.3, 0.4) is 0 Å². The Morgan fingerprint density at radius 3 is 2.43 bits per heavy atom. The maximum atomic E-state index is 5.51. The van der Waals surface area contributed by atoms with Gasteiger partial charge in [0.05, 0.1) is 0 Å². The molecule has 0 unspecified atom stereocenters. The van der Waals surface area contributed by atoms with E-state index in [0.29, 0.717) is 6.04 Å². The number of piperidine rings is 1. The Morgan fingerprint density at radius 1 is 1.00 bits per heavy atom. The van der Waals surface area contributed by atoms with Gasteiger partial charge in [-0.25, -0.2) is 0 Å². The molecule has 2 bridgehead atoms. The third-order valence-electron chi connectivity index (χ3n) is 5.90. The van der Waals surface area contributed by atoms with Gasteiger partial charge in [-0.3, -0.25) is 0 Å². The first-order valence-corrected chi connectivity index (χ1v) is 9.61. The van der Waals surface area contributed by atoms with Crippen LogP contribution in [0, 0.1) is 11.8 Å². The average molecular weight is 330 g/mol. The van der Waals surface area contributed by atoms with Crippen LogP contribution in [0.4, 0.5) is 11.4 Å². The number of hydrogen-bond acceptors (Lipinski definition) is 2. The first-order valence-electron chi connectivity index (χ1n) is 9.20. The van der Waals surface area contributed by atoms with E-state index in [4.69, 9.17) is 12.2 Å². The van der Waals surface area contributed by atoms with Crippen LogP contribution in [0.1, 0.15) is 44.9 Å². The molecule has 2 N–H and O–H groups in total. The highest BCUT2D eigenvalue weighted by atomic mass is 32.1. The van der Waals surface area contributed by atoms with E-state index in [1.165, 1.54) is 63.7 Å². The van der Waals surface area contributed by atoms with Crippen molar-refractivity contribution in [1.29, 1.82) is 0 Å². The van der Waals surface area contributed by atoms with Gasteiger partial charge in [0.1, 0.15) is 0 Å². The molecule has 2 saturated carbocycles. The molecule has 1 aromatic carbocycles. The van der Waals surface area contributed by atoms with E-state index in [2.05, 4.69) is 39.8 Å². The summed E-state index contributed by atoms with van der Waals surface area (Å²) in [6, 6.07) is 9.33. The quantitative estimate of drug-likeness (QED) is 0.815. The second-order valence-electron chi connectivity index (χ2n) is 7.47. The molecule has 3 aliphatic rings. The van der Waals surface area contributed by atoms with Crippen LogP contribution in [-0.2, 0) is 0 Å². The first-order chi connectivity index (χ1) is 11.3. The highest BCUT2D eigenvalue weighted by molar-refractivity contribution is 7.80. The van der Waals surface area contributed by atoms with Crippen molar-refractivity contribution in [3.05, 3.63) is 24.3 Å². The zero-order chi connectivity index (χ0) is 15.6. The summed E-state index contributed by atoms with van der Waals surface area (Å²) < 4.78 is 0. The Bertz CT molecular complexity index is 550. The zero-order valence-corrected chi connectivity index (χ0v) is 14.6. The van der Waals surface area contributed by atoms with Crippen LogP contribution in [-0.4, -0.2) is 24.2 Å². The molecule has 2 aliphatic carbocycles. The smallest absolute Gasteiger partial charge is 0.171 e. The molecule has 23 heavy (non-hydrogen) atoms. The van der Waals surface area contributed by atoms with E-state index < -0.39 is 0 Å². The molecule has 3 fully saturated rings. The first kappa shape index (κ1) is 15.3. The molecule has 4 rings (SSSR count). The van der Waals surface area contributed by atoms with Crippen molar-refractivity contribution in [1.82, 2.24) is 5.32 Å². The predicted octanol–water partition coefficient (Wildman–Crippen LogP) is 4.15. The molecule has 0 radical (unpaired) electrons. The number of nitrogens with zero attached hydrogens (tertiary/aromatic N) is 1. The van der Waals surface area contributed by atoms with Crippen molar-refractivity contribution in [2.45, 2.75) is 51.0 Å². The highest BCUT2D eigenvalue weighted by Gasteiger charge is 2.39. The summed E-state index contributed by atoms with van der Waals surface area (Å²) in [5.41, 5.74) is 2.42. The van der Waals surface area contributed by atoms with Gasteiger partial charge in [-0.05, 0) is 86.8 Å². The molecule has 1 heterocycles. The number of rotatable bonds is 3. The number of nitrogens with one attached hydrogen (secondary N) is 2. The molecule has 1 aromatic rings. The van der Waals surface area contributed by atoms with Crippen LogP contribution in [0.5, 0.6) is 0 Å². The molecule has 0 amide bonds. The summed E-state index contributed by atoms with van der Waals surface area (Å²) in [6.45, 7) is 2.38. The molecule has 0 aromatic heterocycles. The van der Waals surface area contributed by atoms with Gasteiger partial charge in [-0.15, -0.1) is 0 Å². The minimum atomic E-state index is 0.598. The van der Waals surface area contributed by atoms with Crippen molar-refractivity contribution in [3.8, 4) is 0 Å². The van der Waals surface area contributed by atoms with Crippen molar-refractivity contribution in [2.75, 3.05) is 23.3 Å². The minimum Gasteiger partial charge on any atom is -0.372 e. The van der Waals surface area contributed by atoms with Crippen molar-refractivity contribution < 1.29 is 0 Å². The van der Waals surface area contributed by atoms with Gasteiger partial charge in [-0.1, -0.05) is 6.42 Å². The maximum Gasteiger partial charge on any atom is 0.171 e. The summed E-state index contributed by atoms with van der Waals surface area (Å²) in [7, 11) is 0. The summed E-state index contributed by atoms with van der Waals surface area (Å²) in [6.07, 6.45) is 9.54. The topological polar surface area (TPSA) is 27.3 Å². The van der Waals surface area contributed by atoms with Crippen LogP contribution < -0.4 is 15.5 Å². The highest BCUT2D eigenvalue weighted by Crippen LogP contribution is 2.44. The largest absolute Gasteiger partial charge is 0.372 e. The molecular weight excluding hydrogens is 302 g/mol. The van der Waals surface area contributed by atoms with E-state index in [0.717, 1.165) is 22.6 Å².